The molecule has 3 heterocycles. The van der Waals surface area contributed by atoms with Gasteiger partial charge in [0.15, 0.2) is 5.76 Å². The van der Waals surface area contributed by atoms with E-state index in [0.29, 0.717) is 34.4 Å². The highest BCUT2D eigenvalue weighted by atomic mass is 16.5. The Labute approximate surface area is 193 Å². The summed E-state index contributed by atoms with van der Waals surface area (Å²) in [7, 11) is 1.70. The van der Waals surface area contributed by atoms with Gasteiger partial charge >= 0.3 is 0 Å². The monoisotopic (exact) mass is 450 g/mol. The Hall–Kier alpha value is -3.59. The average Bonchev–Trinajstić information content (AvgIpc) is 3.30. The second-order valence-corrected chi connectivity index (χ2v) is 8.16. The minimum atomic E-state index is 0.0913. The van der Waals surface area contributed by atoms with Crippen LogP contribution in [0.1, 0.15) is 43.5 Å². The molecule has 0 amide bonds. The van der Waals surface area contributed by atoms with Crippen molar-refractivity contribution in [2.45, 2.75) is 45.1 Å². The number of hydrazine groups is 1. The largest absolute Gasteiger partial charge is 0.489 e. The second-order valence-electron chi connectivity index (χ2n) is 8.16. The van der Waals surface area contributed by atoms with Crippen LogP contribution < -0.4 is 21.1 Å². The maximum Gasteiger partial charge on any atom is 0.255 e. The van der Waals surface area contributed by atoms with E-state index in [1.165, 1.54) is 24.3 Å². The van der Waals surface area contributed by atoms with Crippen LogP contribution >= 0.6 is 0 Å². The molecular weight excluding hydrogens is 420 g/mol. The predicted molar refractivity (Wildman–Crippen MR) is 125 cm³/mol. The summed E-state index contributed by atoms with van der Waals surface area (Å²) in [6, 6.07) is 11.0. The number of hydrogen-bond donors (Lipinski definition) is 2. The summed E-state index contributed by atoms with van der Waals surface area (Å²) in [5.74, 6) is 7.65. The lowest BCUT2D eigenvalue weighted by atomic mass is 9.98. The highest BCUT2D eigenvalue weighted by Crippen LogP contribution is 2.27. The molecule has 0 atom stereocenters. The van der Waals surface area contributed by atoms with Crippen LogP contribution in [-0.4, -0.2) is 39.9 Å². The van der Waals surface area contributed by atoms with Crippen molar-refractivity contribution in [3.05, 3.63) is 59.7 Å². The van der Waals surface area contributed by atoms with Crippen molar-refractivity contribution >= 4 is 5.70 Å². The van der Waals surface area contributed by atoms with Gasteiger partial charge in [-0.1, -0.05) is 12.5 Å². The van der Waals surface area contributed by atoms with Gasteiger partial charge in [-0.3, -0.25) is 4.98 Å². The Bertz CT molecular complexity index is 1090. The zero-order valence-corrected chi connectivity index (χ0v) is 19.0. The van der Waals surface area contributed by atoms with E-state index in [2.05, 4.69) is 15.1 Å². The Morgan fingerprint density at radius 2 is 2.00 bits per heavy atom. The van der Waals surface area contributed by atoms with Gasteiger partial charge in [-0.2, -0.15) is 0 Å². The van der Waals surface area contributed by atoms with Gasteiger partial charge in [-0.15, -0.1) is 0 Å². The van der Waals surface area contributed by atoms with Crippen LogP contribution in [0.5, 0.6) is 11.6 Å². The molecule has 0 bridgehead atoms. The summed E-state index contributed by atoms with van der Waals surface area (Å²) in [5.41, 5.74) is 9.46. The van der Waals surface area contributed by atoms with Gasteiger partial charge in [0.1, 0.15) is 18.1 Å². The molecule has 1 saturated carbocycles. The number of aryl methyl sites for hydroxylation is 1. The molecular formula is C24H30N6O3. The van der Waals surface area contributed by atoms with E-state index < -0.39 is 0 Å². The summed E-state index contributed by atoms with van der Waals surface area (Å²) < 4.78 is 17.3. The number of ether oxygens (including phenoxy) is 2. The third kappa shape index (κ3) is 5.61. The van der Waals surface area contributed by atoms with Crippen LogP contribution in [0.2, 0.25) is 0 Å². The molecule has 9 heteroatoms. The summed E-state index contributed by atoms with van der Waals surface area (Å²) in [6.07, 6.45) is 7.84. The van der Waals surface area contributed by atoms with Gasteiger partial charge < -0.3 is 24.7 Å². The van der Waals surface area contributed by atoms with Crippen molar-refractivity contribution in [3.8, 4) is 23.1 Å². The van der Waals surface area contributed by atoms with Crippen LogP contribution in [-0.2, 0) is 0 Å². The fourth-order valence-electron chi connectivity index (χ4n) is 3.80. The van der Waals surface area contributed by atoms with E-state index in [0.717, 1.165) is 24.3 Å². The fraction of sp³-hybridized carbons (Fsp3) is 0.375. The lowest BCUT2D eigenvalue weighted by Crippen LogP contribution is -2.31. The molecule has 3 aromatic rings. The van der Waals surface area contributed by atoms with Gasteiger partial charge in [0.2, 0.25) is 0 Å². The van der Waals surface area contributed by atoms with Gasteiger partial charge in [0, 0.05) is 13.2 Å². The molecule has 0 spiro atoms. The quantitative estimate of drug-likeness (QED) is 0.390. The zero-order valence-electron chi connectivity index (χ0n) is 19.0. The number of likely N-dealkylation sites (N-methyl/N-ethyl adjacent to an activating group) is 1. The number of nitrogens with zero attached hydrogens (tertiary/aromatic N) is 4. The summed E-state index contributed by atoms with van der Waals surface area (Å²) >= 11 is 0. The number of aromatic nitrogens is 3. The molecule has 0 unspecified atom stereocenters. The third-order valence-electron chi connectivity index (χ3n) is 5.66. The Balaban J connectivity index is 1.47. The fourth-order valence-corrected chi connectivity index (χ4v) is 3.80. The molecule has 0 aliphatic heterocycles. The Morgan fingerprint density at radius 3 is 2.70 bits per heavy atom. The maximum absolute atomic E-state index is 6.42. The van der Waals surface area contributed by atoms with E-state index >= 15 is 0 Å². The van der Waals surface area contributed by atoms with E-state index in [-0.39, 0.29) is 12.7 Å². The average molecular weight is 451 g/mol. The number of pyridine rings is 2. The van der Waals surface area contributed by atoms with Gasteiger partial charge in [0.05, 0.1) is 35.0 Å². The molecule has 174 valence electrons. The van der Waals surface area contributed by atoms with Crippen molar-refractivity contribution in [1.82, 2.24) is 20.1 Å². The van der Waals surface area contributed by atoms with E-state index in [1.807, 2.05) is 37.3 Å². The first-order valence-electron chi connectivity index (χ1n) is 11.1. The minimum Gasteiger partial charge on any atom is -0.489 e. The van der Waals surface area contributed by atoms with Crippen LogP contribution in [0, 0.1) is 6.92 Å². The molecule has 9 nitrogen and oxygen atoms in total. The lowest BCUT2D eigenvalue weighted by Gasteiger charge is -2.24. The molecule has 4 rings (SSSR count). The number of nitrogens with two attached hydrogens (primary N) is 2. The van der Waals surface area contributed by atoms with E-state index in [9.17, 15) is 0 Å². The highest BCUT2D eigenvalue weighted by molar-refractivity contribution is 5.63. The van der Waals surface area contributed by atoms with Crippen LogP contribution in [0.25, 0.3) is 17.2 Å². The number of rotatable bonds is 8. The summed E-state index contributed by atoms with van der Waals surface area (Å²) in [6.45, 7) is 2.01. The molecule has 4 N–H and O–H groups in total. The number of hydrogen-bond acceptors (Lipinski definition) is 9. The molecule has 0 saturated heterocycles. The highest BCUT2D eigenvalue weighted by Gasteiger charge is 2.18. The van der Waals surface area contributed by atoms with Crippen molar-refractivity contribution in [3.63, 3.8) is 0 Å². The van der Waals surface area contributed by atoms with Crippen molar-refractivity contribution in [1.29, 1.82) is 0 Å². The van der Waals surface area contributed by atoms with Crippen LogP contribution in [0.3, 0.4) is 0 Å². The second kappa shape index (κ2) is 10.4. The van der Waals surface area contributed by atoms with Gasteiger partial charge in [-0.25, -0.2) is 10.8 Å². The van der Waals surface area contributed by atoms with E-state index in [4.69, 9.17) is 25.6 Å². The Morgan fingerprint density at radius 1 is 1.18 bits per heavy atom. The zero-order chi connectivity index (χ0) is 23.2. The van der Waals surface area contributed by atoms with Gasteiger partial charge in [0.25, 0.3) is 5.88 Å². The van der Waals surface area contributed by atoms with Crippen molar-refractivity contribution in [2.24, 2.45) is 11.6 Å². The summed E-state index contributed by atoms with van der Waals surface area (Å²) in [5, 5.41) is 5.36. The maximum atomic E-state index is 6.42. The Kier molecular flexibility index (Phi) is 7.09. The topological polar surface area (TPSA) is 126 Å². The minimum absolute atomic E-state index is 0.0913. The first-order chi connectivity index (χ1) is 16.0. The first kappa shape index (κ1) is 22.6. The molecule has 0 aromatic carbocycles. The molecule has 1 fully saturated rings. The van der Waals surface area contributed by atoms with Crippen molar-refractivity contribution < 1.29 is 14.0 Å². The smallest absolute Gasteiger partial charge is 0.255 e. The molecule has 33 heavy (non-hydrogen) atoms. The van der Waals surface area contributed by atoms with Crippen LogP contribution in [0.4, 0.5) is 0 Å². The lowest BCUT2D eigenvalue weighted by molar-refractivity contribution is 0.153. The molecule has 1 aliphatic carbocycles. The third-order valence-corrected chi connectivity index (χ3v) is 5.66. The molecule has 1 aliphatic rings. The predicted octanol–water partition coefficient (Wildman–Crippen LogP) is 3.66. The standard InChI is InChI=1S/C24H30N6O3/c1-16-21(32-17-8-4-3-5-9-17)12-11-19(28-16)24(25)20(30(2)26)15-31-23-14-22(33-29-23)18-10-6-7-13-27-18/h6-7,10-14,17H,3-5,8-9,15,25-26H2,1-2H3/b24-20-. The molecule has 3 aromatic heterocycles. The first-order valence-corrected chi connectivity index (χ1v) is 11.1. The molecule has 0 radical (unpaired) electrons. The van der Waals surface area contributed by atoms with Crippen LogP contribution in [0.15, 0.2) is 52.8 Å². The van der Waals surface area contributed by atoms with E-state index in [1.54, 1.807) is 19.3 Å². The van der Waals surface area contributed by atoms with Crippen molar-refractivity contribution in [2.75, 3.05) is 13.7 Å². The normalized spacial score (nSPS) is 15.1. The SMILES string of the molecule is Cc1nc(/C(N)=C(\COc2cc(-c3ccccn3)on2)N(C)N)ccc1OC1CCCCC1. The summed E-state index contributed by atoms with van der Waals surface area (Å²) in [4.78, 5) is 8.89. The van der Waals surface area contributed by atoms with Gasteiger partial charge in [-0.05, 0) is 62.0 Å².